The Hall–Kier alpha value is -1.03. The molecule has 0 aromatic heterocycles. The van der Waals surface area contributed by atoms with E-state index in [0.29, 0.717) is 5.92 Å². The van der Waals surface area contributed by atoms with Gasteiger partial charge in [0.15, 0.2) is 0 Å². The lowest BCUT2D eigenvalue weighted by molar-refractivity contribution is 0.217. The van der Waals surface area contributed by atoms with Gasteiger partial charge >= 0.3 is 6.03 Å². The molecule has 1 rings (SSSR count). The molecule has 0 saturated heterocycles. The number of nitrogens with one attached hydrogen (secondary N) is 2. The van der Waals surface area contributed by atoms with E-state index < -0.39 is 0 Å². The predicted molar refractivity (Wildman–Crippen MR) is 63.9 cm³/mol. The highest BCUT2D eigenvalue weighted by molar-refractivity contribution is 5.75. The molecule has 4 heteroatoms. The molecular weight excluding hydrogens is 204 g/mol. The Morgan fingerprint density at radius 3 is 2.75 bits per heavy atom. The van der Waals surface area contributed by atoms with Crippen molar-refractivity contribution >= 4 is 6.03 Å². The normalized spacial score (nSPS) is 18.9. The van der Waals surface area contributed by atoms with Crippen molar-refractivity contribution < 1.29 is 9.90 Å². The second kappa shape index (κ2) is 7.28. The first kappa shape index (κ1) is 13.0. The molecule has 0 heterocycles. The SMILES string of the molecule is CCC(CO)NC(=O)N/C=C/C1CCCC1. The molecule has 0 aliphatic heterocycles. The van der Waals surface area contributed by atoms with Crippen LogP contribution in [-0.4, -0.2) is 23.8 Å². The molecule has 0 aromatic carbocycles. The van der Waals surface area contributed by atoms with Gasteiger partial charge < -0.3 is 15.7 Å². The van der Waals surface area contributed by atoms with Gasteiger partial charge in [-0.3, -0.25) is 0 Å². The van der Waals surface area contributed by atoms with E-state index in [0.717, 1.165) is 6.42 Å². The first-order chi connectivity index (χ1) is 7.76. The largest absolute Gasteiger partial charge is 0.394 e. The van der Waals surface area contributed by atoms with Gasteiger partial charge in [-0.2, -0.15) is 0 Å². The van der Waals surface area contributed by atoms with Gasteiger partial charge in [0.05, 0.1) is 12.6 Å². The summed E-state index contributed by atoms with van der Waals surface area (Å²) in [6.45, 7) is 1.91. The first-order valence-corrected chi connectivity index (χ1v) is 6.10. The molecule has 2 amide bonds. The van der Waals surface area contributed by atoms with E-state index in [9.17, 15) is 4.79 Å². The number of urea groups is 1. The van der Waals surface area contributed by atoms with Crippen LogP contribution in [0.4, 0.5) is 4.79 Å². The summed E-state index contributed by atoms with van der Waals surface area (Å²) >= 11 is 0. The number of hydrogen-bond donors (Lipinski definition) is 3. The van der Waals surface area contributed by atoms with E-state index in [4.69, 9.17) is 5.11 Å². The zero-order chi connectivity index (χ0) is 11.8. The van der Waals surface area contributed by atoms with E-state index in [1.165, 1.54) is 25.7 Å². The van der Waals surface area contributed by atoms with E-state index >= 15 is 0 Å². The molecule has 0 aromatic rings. The molecule has 3 N–H and O–H groups in total. The molecule has 1 saturated carbocycles. The minimum Gasteiger partial charge on any atom is -0.394 e. The maximum absolute atomic E-state index is 11.4. The van der Waals surface area contributed by atoms with Gasteiger partial charge in [0, 0.05) is 6.20 Å². The highest BCUT2D eigenvalue weighted by atomic mass is 16.3. The Balaban J connectivity index is 2.18. The van der Waals surface area contributed by atoms with Crippen LogP contribution in [0.15, 0.2) is 12.3 Å². The summed E-state index contributed by atoms with van der Waals surface area (Å²) in [5, 5.41) is 14.3. The van der Waals surface area contributed by atoms with Crippen molar-refractivity contribution in [1.29, 1.82) is 0 Å². The van der Waals surface area contributed by atoms with Crippen LogP contribution in [0.2, 0.25) is 0 Å². The van der Waals surface area contributed by atoms with Crippen LogP contribution < -0.4 is 10.6 Å². The number of aliphatic hydroxyl groups excluding tert-OH is 1. The highest BCUT2D eigenvalue weighted by Gasteiger charge is 2.11. The third-order valence-electron chi connectivity index (χ3n) is 3.03. The summed E-state index contributed by atoms with van der Waals surface area (Å²) in [5.74, 6) is 0.625. The van der Waals surface area contributed by atoms with Crippen molar-refractivity contribution in [2.45, 2.75) is 45.1 Å². The average Bonchev–Trinajstić information content (AvgIpc) is 2.79. The van der Waals surface area contributed by atoms with Gasteiger partial charge in [0.25, 0.3) is 0 Å². The zero-order valence-electron chi connectivity index (χ0n) is 9.91. The lowest BCUT2D eigenvalue weighted by atomic mass is 10.1. The van der Waals surface area contributed by atoms with Gasteiger partial charge in [-0.1, -0.05) is 25.8 Å². The van der Waals surface area contributed by atoms with Crippen molar-refractivity contribution in [3.8, 4) is 0 Å². The van der Waals surface area contributed by atoms with Crippen LogP contribution in [0.25, 0.3) is 0 Å². The monoisotopic (exact) mass is 226 g/mol. The number of aliphatic hydroxyl groups is 1. The third kappa shape index (κ3) is 4.66. The Bertz CT molecular complexity index is 231. The Morgan fingerprint density at radius 2 is 2.19 bits per heavy atom. The van der Waals surface area contributed by atoms with Crippen molar-refractivity contribution in [3.63, 3.8) is 0 Å². The van der Waals surface area contributed by atoms with Gasteiger partial charge in [0.1, 0.15) is 0 Å². The fraction of sp³-hybridized carbons (Fsp3) is 0.750. The van der Waals surface area contributed by atoms with Gasteiger partial charge in [-0.05, 0) is 25.2 Å². The molecule has 92 valence electrons. The number of allylic oxidation sites excluding steroid dienone is 1. The fourth-order valence-electron chi connectivity index (χ4n) is 1.91. The van der Waals surface area contributed by atoms with Gasteiger partial charge in [0.2, 0.25) is 0 Å². The van der Waals surface area contributed by atoms with Crippen LogP contribution in [-0.2, 0) is 0 Å². The van der Waals surface area contributed by atoms with Crippen molar-refractivity contribution in [1.82, 2.24) is 10.6 Å². The maximum Gasteiger partial charge on any atom is 0.319 e. The number of carbonyl (C=O) groups excluding carboxylic acids is 1. The topological polar surface area (TPSA) is 61.4 Å². The molecule has 4 nitrogen and oxygen atoms in total. The number of hydrogen-bond acceptors (Lipinski definition) is 2. The summed E-state index contributed by atoms with van der Waals surface area (Å²) < 4.78 is 0. The summed E-state index contributed by atoms with van der Waals surface area (Å²) in [6.07, 6.45) is 9.56. The van der Waals surface area contributed by atoms with Crippen LogP contribution >= 0.6 is 0 Å². The molecule has 0 spiro atoms. The van der Waals surface area contributed by atoms with Crippen molar-refractivity contribution in [2.24, 2.45) is 5.92 Å². The smallest absolute Gasteiger partial charge is 0.319 e. The molecule has 16 heavy (non-hydrogen) atoms. The van der Waals surface area contributed by atoms with E-state index in [2.05, 4.69) is 16.7 Å². The lowest BCUT2D eigenvalue weighted by Gasteiger charge is -2.13. The van der Waals surface area contributed by atoms with Crippen LogP contribution in [0.3, 0.4) is 0 Å². The second-order valence-electron chi connectivity index (χ2n) is 4.31. The molecule has 0 radical (unpaired) electrons. The predicted octanol–water partition coefficient (Wildman–Crippen LogP) is 1.76. The number of amides is 2. The Kier molecular flexibility index (Phi) is 5.93. The quantitative estimate of drug-likeness (QED) is 0.669. The van der Waals surface area contributed by atoms with Crippen LogP contribution in [0.1, 0.15) is 39.0 Å². The minimum atomic E-state index is -0.241. The maximum atomic E-state index is 11.4. The second-order valence-corrected chi connectivity index (χ2v) is 4.31. The lowest BCUT2D eigenvalue weighted by Crippen LogP contribution is -2.41. The summed E-state index contributed by atoms with van der Waals surface area (Å²) in [6, 6.07) is -0.393. The minimum absolute atomic E-state index is 0.0176. The van der Waals surface area contributed by atoms with Crippen molar-refractivity contribution in [3.05, 3.63) is 12.3 Å². The highest BCUT2D eigenvalue weighted by Crippen LogP contribution is 2.25. The van der Waals surface area contributed by atoms with Gasteiger partial charge in [-0.15, -0.1) is 0 Å². The summed E-state index contributed by atoms with van der Waals surface area (Å²) in [7, 11) is 0. The van der Waals surface area contributed by atoms with E-state index in [-0.39, 0.29) is 18.7 Å². The third-order valence-corrected chi connectivity index (χ3v) is 3.03. The number of rotatable bonds is 5. The Morgan fingerprint density at radius 1 is 1.50 bits per heavy atom. The van der Waals surface area contributed by atoms with Crippen LogP contribution in [0.5, 0.6) is 0 Å². The fourth-order valence-corrected chi connectivity index (χ4v) is 1.91. The van der Waals surface area contributed by atoms with Crippen LogP contribution in [0, 0.1) is 5.92 Å². The standard InChI is InChI=1S/C12H22N2O2/c1-2-11(9-15)14-12(16)13-8-7-10-5-3-4-6-10/h7-8,10-11,15H,2-6,9H2,1H3,(H2,13,14,16)/b8-7+. The van der Waals surface area contributed by atoms with E-state index in [1.54, 1.807) is 6.20 Å². The van der Waals surface area contributed by atoms with Crippen molar-refractivity contribution in [2.75, 3.05) is 6.61 Å². The molecule has 1 aliphatic carbocycles. The summed E-state index contributed by atoms with van der Waals surface area (Å²) in [4.78, 5) is 11.4. The molecule has 0 bridgehead atoms. The van der Waals surface area contributed by atoms with Gasteiger partial charge in [-0.25, -0.2) is 4.79 Å². The molecule has 1 atom stereocenters. The number of carbonyl (C=O) groups is 1. The molecule has 1 fully saturated rings. The van der Waals surface area contributed by atoms with E-state index in [1.807, 2.05) is 6.92 Å². The first-order valence-electron chi connectivity index (χ1n) is 6.10. The molecule has 1 unspecified atom stereocenters. The average molecular weight is 226 g/mol. The molecular formula is C12H22N2O2. The zero-order valence-corrected chi connectivity index (χ0v) is 9.91. The Labute approximate surface area is 97.1 Å². The molecule has 1 aliphatic rings. The summed E-state index contributed by atoms with van der Waals surface area (Å²) in [5.41, 5.74) is 0.